The summed E-state index contributed by atoms with van der Waals surface area (Å²) in [6, 6.07) is 14.6. The van der Waals surface area contributed by atoms with E-state index in [1.165, 1.54) is 18.2 Å². The monoisotopic (exact) mass is 422 g/mol. The second-order valence-electron chi connectivity index (χ2n) is 6.84. The van der Waals surface area contributed by atoms with E-state index >= 15 is 0 Å². The highest BCUT2D eigenvalue weighted by atomic mass is 19.1. The molecule has 2 heterocycles. The van der Waals surface area contributed by atoms with Crippen molar-refractivity contribution in [3.8, 4) is 5.75 Å². The zero-order valence-corrected chi connectivity index (χ0v) is 16.6. The van der Waals surface area contributed by atoms with Gasteiger partial charge in [-0.3, -0.25) is 9.59 Å². The third kappa shape index (κ3) is 4.13. The molecule has 4 rings (SSSR count). The van der Waals surface area contributed by atoms with Gasteiger partial charge in [0.15, 0.2) is 5.76 Å². The maximum atomic E-state index is 13.7. The standard InChI is InChI=1S/C23H19FN2O5/c1-29-17-5-3-2-4-13(17)6-8-15-9-11-19(30-15)23(28)26-20-16-12-14(24)7-10-18(16)31-21(20)22(25)27/h2-5,7,9-12H,6,8H2,1H3,(H2,25,27)(H,26,28). The smallest absolute Gasteiger partial charge is 0.291 e. The van der Waals surface area contributed by atoms with E-state index in [1.54, 1.807) is 13.2 Å². The summed E-state index contributed by atoms with van der Waals surface area (Å²) in [7, 11) is 1.61. The predicted molar refractivity (Wildman–Crippen MR) is 112 cm³/mol. The number of furan rings is 2. The number of benzene rings is 2. The van der Waals surface area contributed by atoms with Gasteiger partial charge in [0.2, 0.25) is 5.76 Å². The Morgan fingerprint density at radius 3 is 2.65 bits per heavy atom. The number of ether oxygens (including phenoxy) is 1. The molecule has 0 aliphatic heterocycles. The highest BCUT2D eigenvalue weighted by Crippen LogP contribution is 2.32. The van der Waals surface area contributed by atoms with Crippen LogP contribution in [0.5, 0.6) is 5.75 Å². The topological polar surface area (TPSA) is 108 Å². The molecule has 0 aliphatic rings. The van der Waals surface area contributed by atoms with Gasteiger partial charge in [-0.15, -0.1) is 0 Å². The summed E-state index contributed by atoms with van der Waals surface area (Å²) in [5, 5.41) is 2.78. The van der Waals surface area contributed by atoms with Gasteiger partial charge in [0.25, 0.3) is 11.8 Å². The number of aryl methyl sites for hydroxylation is 2. The van der Waals surface area contributed by atoms with Crippen LogP contribution in [-0.4, -0.2) is 18.9 Å². The molecule has 2 aromatic heterocycles. The Morgan fingerprint density at radius 1 is 1.06 bits per heavy atom. The molecule has 2 amide bonds. The summed E-state index contributed by atoms with van der Waals surface area (Å²) >= 11 is 0. The Labute approximate surface area is 176 Å². The van der Waals surface area contributed by atoms with Crippen LogP contribution in [0.25, 0.3) is 11.0 Å². The van der Waals surface area contributed by atoms with Crippen LogP contribution < -0.4 is 15.8 Å². The Hall–Kier alpha value is -4.07. The second-order valence-corrected chi connectivity index (χ2v) is 6.84. The van der Waals surface area contributed by atoms with Gasteiger partial charge in [-0.1, -0.05) is 18.2 Å². The lowest BCUT2D eigenvalue weighted by Gasteiger charge is -2.06. The molecule has 8 heteroatoms. The number of carbonyl (C=O) groups is 2. The first-order chi connectivity index (χ1) is 15.0. The molecule has 3 N–H and O–H groups in total. The molecule has 7 nitrogen and oxygen atoms in total. The summed E-state index contributed by atoms with van der Waals surface area (Å²) in [5.74, 6) is -0.884. The first-order valence-corrected chi connectivity index (χ1v) is 9.50. The number of nitrogens with two attached hydrogens (primary N) is 1. The third-order valence-electron chi connectivity index (χ3n) is 4.83. The van der Waals surface area contributed by atoms with Crippen LogP contribution in [0.3, 0.4) is 0 Å². The number of halogens is 1. The van der Waals surface area contributed by atoms with Gasteiger partial charge < -0.3 is 24.6 Å². The fourth-order valence-electron chi connectivity index (χ4n) is 3.34. The molecular weight excluding hydrogens is 403 g/mol. The first kappa shape index (κ1) is 20.2. The van der Waals surface area contributed by atoms with Crippen LogP contribution in [-0.2, 0) is 12.8 Å². The van der Waals surface area contributed by atoms with Crippen LogP contribution in [0.2, 0.25) is 0 Å². The number of para-hydroxylation sites is 1. The average molecular weight is 422 g/mol. The van der Waals surface area contributed by atoms with Crippen molar-refractivity contribution >= 4 is 28.5 Å². The molecule has 0 radical (unpaired) electrons. The van der Waals surface area contributed by atoms with Crippen LogP contribution in [0.15, 0.2) is 63.4 Å². The lowest BCUT2D eigenvalue weighted by Crippen LogP contribution is -2.16. The fraction of sp³-hybridized carbons (Fsp3) is 0.130. The number of methoxy groups -OCH3 is 1. The van der Waals surface area contributed by atoms with E-state index in [4.69, 9.17) is 19.3 Å². The van der Waals surface area contributed by atoms with E-state index in [2.05, 4.69) is 5.32 Å². The number of amides is 2. The number of carbonyl (C=O) groups excluding carboxylic acids is 2. The van der Waals surface area contributed by atoms with Crippen LogP contribution >= 0.6 is 0 Å². The largest absolute Gasteiger partial charge is 0.496 e. The van der Waals surface area contributed by atoms with E-state index in [0.29, 0.717) is 18.6 Å². The lowest BCUT2D eigenvalue weighted by atomic mass is 10.1. The van der Waals surface area contributed by atoms with E-state index < -0.39 is 17.6 Å². The SMILES string of the molecule is COc1ccccc1CCc1ccc(C(=O)Nc2c(C(N)=O)oc3ccc(F)cc23)o1. The zero-order valence-electron chi connectivity index (χ0n) is 16.6. The molecule has 0 saturated heterocycles. The number of hydrogen-bond acceptors (Lipinski definition) is 5. The molecule has 0 saturated carbocycles. The summed E-state index contributed by atoms with van der Waals surface area (Å²) in [4.78, 5) is 24.4. The first-order valence-electron chi connectivity index (χ1n) is 9.50. The van der Waals surface area contributed by atoms with Gasteiger partial charge >= 0.3 is 0 Å². The number of fused-ring (bicyclic) bond motifs is 1. The van der Waals surface area contributed by atoms with Crippen molar-refractivity contribution in [3.05, 3.63) is 83.3 Å². The minimum atomic E-state index is -0.885. The Kier molecular flexibility index (Phi) is 5.44. The average Bonchev–Trinajstić information content (AvgIpc) is 3.37. The molecule has 2 aromatic carbocycles. The van der Waals surface area contributed by atoms with Crippen LogP contribution in [0, 0.1) is 5.82 Å². The highest BCUT2D eigenvalue weighted by molar-refractivity contribution is 6.13. The number of anilines is 1. The Bertz CT molecular complexity index is 1270. The number of nitrogens with one attached hydrogen (secondary N) is 1. The summed E-state index contributed by atoms with van der Waals surface area (Å²) in [6.07, 6.45) is 1.22. The lowest BCUT2D eigenvalue weighted by molar-refractivity contribution is 0.0977. The highest BCUT2D eigenvalue weighted by Gasteiger charge is 2.22. The van der Waals surface area contributed by atoms with Gasteiger partial charge in [-0.25, -0.2) is 4.39 Å². The normalized spacial score (nSPS) is 10.9. The van der Waals surface area contributed by atoms with E-state index in [1.807, 2.05) is 24.3 Å². The summed E-state index contributed by atoms with van der Waals surface area (Å²) in [6.45, 7) is 0. The van der Waals surface area contributed by atoms with Gasteiger partial charge in [0, 0.05) is 11.8 Å². The Morgan fingerprint density at radius 2 is 1.87 bits per heavy atom. The van der Waals surface area contributed by atoms with E-state index in [-0.39, 0.29) is 28.2 Å². The number of rotatable bonds is 7. The minimum Gasteiger partial charge on any atom is -0.496 e. The fourth-order valence-corrected chi connectivity index (χ4v) is 3.34. The van der Waals surface area contributed by atoms with Crippen molar-refractivity contribution in [3.63, 3.8) is 0 Å². The van der Waals surface area contributed by atoms with Crippen molar-refractivity contribution in [2.45, 2.75) is 12.8 Å². The van der Waals surface area contributed by atoms with E-state index in [0.717, 1.165) is 17.4 Å². The van der Waals surface area contributed by atoms with Crippen molar-refractivity contribution in [2.24, 2.45) is 5.73 Å². The molecule has 0 aliphatic carbocycles. The number of primary amides is 1. The van der Waals surface area contributed by atoms with Gasteiger partial charge in [-0.05, 0) is 48.4 Å². The Balaban J connectivity index is 1.53. The van der Waals surface area contributed by atoms with Crippen LogP contribution in [0.1, 0.15) is 32.4 Å². The van der Waals surface area contributed by atoms with Crippen molar-refractivity contribution < 1.29 is 27.6 Å². The summed E-state index contributed by atoms with van der Waals surface area (Å²) in [5.41, 5.74) is 6.58. The molecule has 0 bridgehead atoms. The molecule has 4 aromatic rings. The molecule has 0 fully saturated rings. The quantitative estimate of drug-likeness (QED) is 0.461. The predicted octanol–water partition coefficient (Wildman–Crippen LogP) is 4.31. The molecule has 31 heavy (non-hydrogen) atoms. The van der Waals surface area contributed by atoms with Crippen LogP contribution in [0.4, 0.5) is 10.1 Å². The zero-order chi connectivity index (χ0) is 22.0. The molecular formula is C23H19FN2O5. The molecule has 0 spiro atoms. The van der Waals surface area contributed by atoms with Gasteiger partial charge in [-0.2, -0.15) is 0 Å². The molecule has 0 atom stereocenters. The van der Waals surface area contributed by atoms with Gasteiger partial charge in [0.05, 0.1) is 7.11 Å². The van der Waals surface area contributed by atoms with Crippen molar-refractivity contribution in [1.29, 1.82) is 0 Å². The van der Waals surface area contributed by atoms with Gasteiger partial charge in [0.1, 0.15) is 28.6 Å². The summed E-state index contributed by atoms with van der Waals surface area (Å²) < 4.78 is 30.0. The molecule has 0 unspecified atom stereocenters. The van der Waals surface area contributed by atoms with E-state index in [9.17, 15) is 14.0 Å². The maximum absolute atomic E-state index is 13.7. The third-order valence-corrected chi connectivity index (χ3v) is 4.83. The van der Waals surface area contributed by atoms with Crippen molar-refractivity contribution in [1.82, 2.24) is 0 Å². The van der Waals surface area contributed by atoms with Crippen molar-refractivity contribution in [2.75, 3.05) is 12.4 Å². The molecule has 158 valence electrons. The maximum Gasteiger partial charge on any atom is 0.291 e. The second kappa shape index (κ2) is 8.35. The number of hydrogen-bond donors (Lipinski definition) is 2. The minimum absolute atomic E-state index is 0.000952.